The molecule has 0 unspecified atom stereocenters. The number of hydrogen-bond acceptors (Lipinski definition) is 6. The fraction of sp³-hybridized carbons (Fsp3) is 0.167. The number of aliphatic imine (C=N–C) groups is 1. The number of pyridine rings is 1. The summed E-state index contributed by atoms with van der Waals surface area (Å²) in [6.45, 7) is 1.73. The Morgan fingerprint density at radius 3 is 2.72 bits per heavy atom. The van der Waals surface area contributed by atoms with Crippen LogP contribution in [-0.2, 0) is 0 Å². The van der Waals surface area contributed by atoms with Crippen molar-refractivity contribution in [2.75, 3.05) is 18.4 Å². The van der Waals surface area contributed by atoms with Crippen molar-refractivity contribution in [3.8, 4) is 22.6 Å². The molecule has 0 saturated carbocycles. The number of rotatable bonds is 3. The molecule has 126 valence electrons. The third kappa shape index (κ3) is 3.51. The summed E-state index contributed by atoms with van der Waals surface area (Å²) in [5.41, 5.74) is 2.54. The van der Waals surface area contributed by atoms with E-state index in [0.717, 1.165) is 36.3 Å². The number of hydrogen-bond donors (Lipinski definition) is 2. The molecule has 0 fully saturated rings. The van der Waals surface area contributed by atoms with Crippen LogP contribution in [0, 0.1) is 5.82 Å². The summed E-state index contributed by atoms with van der Waals surface area (Å²) in [6.07, 6.45) is 1.04. The molecule has 0 spiro atoms. The SMILES string of the molecule is Fc1ccccc1-c1cccc(-c2csc(NC3=NCCCN3)n2)n1. The Hall–Kier alpha value is -2.80. The van der Waals surface area contributed by atoms with Gasteiger partial charge in [-0.05, 0) is 30.7 Å². The summed E-state index contributed by atoms with van der Waals surface area (Å²) in [6, 6.07) is 12.2. The van der Waals surface area contributed by atoms with Crippen molar-refractivity contribution >= 4 is 22.4 Å². The molecule has 3 heterocycles. The van der Waals surface area contributed by atoms with E-state index in [1.54, 1.807) is 24.3 Å². The van der Waals surface area contributed by atoms with E-state index in [-0.39, 0.29) is 5.82 Å². The monoisotopic (exact) mass is 353 g/mol. The Balaban J connectivity index is 1.59. The van der Waals surface area contributed by atoms with Gasteiger partial charge < -0.3 is 10.6 Å². The highest BCUT2D eigenvalue weighted by molar-refractivity contribution is 7.14. The molecule has 2 aromatic heterocycles. The largest absolute Gasteiger partial charge is 0.356 e. The molecule has 0 atom stereocenters. The van der Waals surface area contributed by atoms with Gasteiger partial charge in [0.25, 0.3) is 0 Å². The standard InChI is InChI=1S/C18H16FN5S/c19-13-6-2-1-5-12(13)14-7-3-8-15(22-14)16-11-25-18(23-16)24-17-20-9-4-10-21-17/h1-3,5-8,11H,4,9-10H2,(H2,20,21,23,24). The van der Waals surface area contributed by atoms with Crippen molar-refractivity contribution < 1.29 is 4.39 Å². The lowest BCUT2D eigenvalue weighted by Gasteiger charge is -2.14. The molecule has 0 saturated heterocycles. The predicted octanol–water partition coefficient (Wildman–Crippen LogP) is 3.77. The lowest BCUT2D eigenvalue weighted by molar-refractivity contribution is 0.631. The fourth-order valence-corrected chi connectivity index (χ4v) is 3.27. The van der Waals surface area contributed by atoms with Crippen LogP contribution in [0.1, 0.15) is 6.42 Å². The summed E-state index contributed by atoms with van der Waals surface area (Å²) in [5, 5.41) is 9.07. The topological polar surface area (TPSA) is 62.2 Å². The Labute approximate surface area is 148 Å². The van der Waals surface area contributed by atoms with Gasteiger partial charge in [-0.25, -0.2) is 14.4 Å². The lowest BCUT2D eigenvalue weighted by Crippen LogP contribution is -2.35. The number of nitrogens with zero attached hydrogens (tertiary/aromatic N) is 3. The molecule has 1 aromatic carbocycles. The van der Waals surface area contributed by atoms with Crippen molar-refractivity contribution in [3.05, 3.63) is 53.7 Å². The summed E-state index contributed by atoms with van der Waals surface area (Å²) in [7, 11) is 0. The Morgan fingerprint density at radius 1 is 1.00 bits per heavy atom. The predicted molar refractivity (Wildman–Crippen MR) is 99.3 cm³/mol. The van der Waals surface area contributed by atoms with Crippen molar-refractivity contribution in [2.24, 2.45) is 4.99 Å². The Morgan fingerprint density at radius 2 is 1.88 bits per heavy atom. The number of anilines is 1. The van der Waals surface area contributed by atoms with Gasteiger partial charge in [0.2, 0.25) is 0 Å². The highest BCUT2D eigenvalue weighted by atomic mass is 32.1. The maximum atomic E-state index is 14.0. The number of thiazole rings is 1. The van der Waals surface area contributed by atoms with Gasteiger partial charge in [-0.2, -0.15) is 0 Å². The summed E-state index contributed by atoms with van der Waals surface area (Å²) in [5.74, 6) is 0.467. The van der Waals surface area contributed by atoms with Crippen LogP contribution in [0.4, 0.5) is 9.52 Å². The van der Waals surface area contributed by atoms with Crippen LogP contribution in [0.5, 0.6) is 0 Å². The number of halogens is 1. The number of aromatic nitrogens is 2. The van der Waals surface area contributed by atoms with Gasteiger partial charge in [-0.15, -0.1) is 11.3 Å². The summed E-state index contributed by atoms with van der Waals surface area (Å²) >= 11 is 1.49. The lowest BCUT2D eigenvalue weighted by atomic mass is 10.1. The molecule has 0 radical (unpaired) electrons. The Bertz CT molecular complexity index is 921. The normalized spacial score (nSPS) is 13.9. The molecular formula is C18H16FN5S. The molecule has 3 aromatic rings. The van der Waals surface area contributed by atoms with Crippen molar-refractivity contribution in [1.29, 1.82) is 0 Å². The number of nitrogens with one attached hydrogen (secondary N) is 2. The zero-order chi connectivity index (χ0) is 17.1. The second kappa shape index (κ2) is 6.98. The van der Waals surface area contributed by atoms with Gasteiger partial charge in [0, 0.05) is 24.0 Å². The van der Waals surface area contributed by atoms with Crippen LogP contribution in [0.15, 0.2) is 52.8 Å². The minimum absolute atomic E-state index is 0.283. The highest BCUT2D eigenvalue weighted by Crippen LogP contribution is 2.27. The minimum atomic E-state index is -0.283. The van der Waals surface area contributed by atoms with E-state index in [1.807, 2.05) is 17.5 Å². The molecule has 1 aliphatic heterocycles. The molecule has 0 aliphatic carbocycles. The smallest absolute Gasteiger partial charge is 0.197 e. The maximum Gasteiger partial charge on any atom is 0.197 e. The average molecular weight is 353 g/mol. The van der Waals surface area contributed by atoms with Gasteiger partial charge in [0.15, 0.2) is 11.1 Å². The Kier molecular flexibility index (Phi) is 4.39. The highest BCUT2D eigenvalue weighted by Gasteiger charge is 2.11. The van der Waals surface area contributed by atoms with Crippen molar-refractivity contribution in [3.63, 3.8) is 0 Å². The van der Waals surface area contributed by atoms with Crippen LogP contribution in [-0.4, -0.2) is 29.0 Å². The average Bonchev–Trinajstić information content (AvgIpc) is 3.12. The molecular weight excluding hydrogens is 337 g/mol. The zero-order valence-electron chi connectivity index (χ0n) is 13.4. The van der Waals surface area contributed by atoms with Crippen LogP contribution in [0.2, 0.25) is 0 Å². The van der Waals surface area contributed by atoms with Gasteiger partial charge in [-0.3, -0.25) is 4.99 Å². The quantitative estimate of drug-likeness (QED) is 0.752. The van der Waals surface area contributed by atoms with E-state index in [9.17, 15) is 4.39 Å². The second-order valence-corrected chi connectivity index (χ2v) is 6.42. The van der Waals surface area contributed by atoms with Crippen LogP contribution in [0.25, 0.3) is 22.6 Å². The maximum absolute atomic E-state index is 14.0. The number of benzene rings is 1. The van der Waals surface area contributed by atoms with E-state index >= 15 is 0 Å². The van der Waals surface area contributed by atoms with Gasteiger partial charge in [0.1, 0.15) is 11.5 Å². The van der Waals surface area contributed by atoms with Crippen molar-refractivity contribution in [1.82, 2.24) is 15.3 Å². The van der Waals surface area contributed by atoms with E-state index in [4.69, 9.17) is 0 Å². The molecule has 25 heavy (non-hydrogen) atoms. The molecule has 0 amide bonds. The zero-order valence-corrected chi connectivity index (χ0v) is 14.2. The minimum Gasteiger partial charge on any atom is -0.356 e. The first-order chi connectivity index (χ1) is 12.3. The van der Waals surface area contributed by atoms with E-state index in [1.165, 1.54) is 17.4 Å². The van der Waals surface area contributed by atoms with E-state index < -0.39 is 0 Å². The van der Waals surface area contributed by atoms with Gasteiger partial charge >= 0.3 is 0 Å². The number of guanidine groups is 1. The molecule has 5 nitrogen and oxygen atoms in total. The third-order valence-corrected chi connectivity index (χ3v) is 4.55. The fourth-order valence-electron chi connectivity index (χ4n) is 2.56. The van der Waals surface area contributed by atoms with Crippen LogP contribution < -0.4 is 10.6 Å². The third-order valence-electron chi connectivity index (χ3n) is 3.79. The summed E-state index contributed by atoms with van der Waals surface area (Å²) in [4.78, 5) is 13.5. The summed E-state index contributed by atoms with van der Waals surface area (Å²) < 4.78 is 14.0. The molecule has 1 aliphatic rings. The first-order valence-electron chi connectivity index (χ1n) is 8.03. The van der Waals surface area contributed by atoms with E-state index in [2.05, 4.69) is 25.6 Å². The molecule has 0 bridgehead atoms. The van der Waals surface area contributed by atoms with Crippen LogP contribution in [0.3, 0.4) is 0 Å². The van der Waals surface area contributed by atoms with E-state index in [0.29, 0.717) is 17.0 Å². The van der Waals surface area contributed by atoms with Crippen molar-refractivity contribution in [2.45, 2.75) is 6.42 Å². The molecule has 7 heteroatoms. The van der Waals surface area contributed by atoms with Gasteiger partial charge in [0.05, 0.1) is 11.4 Å². The molecule has 2 N–H and O–H groups in total. The first-order valence-corrected chi connectivity index (χ1v) is 8.91. The first kappa shape index (κ1) is 15.7. The second-order valence-electron chi connectivity index (χ2n) is 5.56. The van der Waals surface area contributed by atoms with Gasteiger partial charge in [-0.1, -0.05) is 18.2 Å². The molecule has 4 rings (SSSR count). The van der Waals surface area contributed by atoms with Crippen LogP contribution >= 0.6 is 11.3 Å².